The molecule has 0 atom stereocenters. The fourth-order valence-electron chi connectivity index (χ4n) is 3.05. The number of halogens is 1. The Hall–Kier alpha value is -3.16. The van der Waals surface area contributed by atoms with Crippen LogP contribution in [0.25, 0.3) is 23.0 Å². The number of nitrogens with zero attached hydrogens (tertiary/aromatic N) is 3. The molecule has 2 aromatic carbocycles. The van der Waals surface area contributed by atoms with E-state index in [1.54, 1.807) is 29.8 Å². The molecule has 6 nitrogen and oxygen atoms in total. The van der Waals surface area contributed by atoms with Crippen LogP contribution in [0, 0.1) is 0 Å². The summed E-state index contributed by atoms with van der Waals surface area (Å²) in [6.45, 7) is 2.03. The number of aromatic nitrogens is 2. The van der Waals surface area contributed by atoms with Crippen LogP contribution in [0.15, 0.2) is 71.5 Å². The van der Waals surface area contributed by atoms with Gasteiger partial charge in [-0.2, -0.15) is 5.10 Å². The Kier molecular flexibility index (Phi) is 6.34. The lowest BCUT2D eigenvalue weighted by atomic mass is 10.1. The van der Waals surface area contributed by atoms with Crippen LogP contribution >= 0.6 is 23.4 Å². The van der Waals surface area contributed by atoms with Gasteiger partial charge in [-0.3, -0.25) is 9.59 Å². The number of hydrogen-bond acceptors (Lipinski definition) is 6. The first-order valence-corrected chi connectivity index (χ1v) is 10.8. The second-order valence-corrected chi connectivity index (χ2v) is 8.11. The SMILES string of the molecule is CCOC(=O)CC1=N/C(=C/c2cn(-c3ccccc3)nc2-c2ccc(Cl)cc2)C(=O)S1. The number of thioether (sulfide) groups is 1. The topological polar surface area (TPSA) is 73.5 Å². The van der Waals surface area contributed by atoms with E-state index in [0.29, 0.717) is 15.8 Å². The second kappa shape index (κ2) is 9.32. The van der Waals surface area contributed by atoms with E-state index in [1.165, 1.54) is 0 Å². The molecule has 0 fully saturated rings. The van der Waals surface area contributed by atoms with Crippen molar-refractivity contribution in [2.45, 2.75) is 13.3 Å². The van der Waals surface area contributed by atoms with Crippen molar-refractivity contribution < 1.29 is 14.3 Å². The highest BCUT2D eigenvalue weighted by molar-refractivity contribution is 8.27. The Morgan fingerprint density at radius 3 is 2.61 bits per heavy atom. The van der Waals surface area contributed by atoms with Gasteiger partial charge in [0, 0.05) is 22.3 Å². The van der Waals surface area contributed by atoms with Gasteiger partial charge in [-0.25, -0.2) is 9.67 Å². The highest BCUT2D eigenvalue weighted by atomic mass is 35.5. The first kappa shape index (κ1) is 21.1. The number of rotatable bonds is 6. The lowest BCUT2D eigenvalue weighted by molar-refractivity contribution is -0.141. The summed E-state index contributed by atoms with van der Waals surface area (Å²) in [7, 11) is 0. The van der Waals surface area contributed by atoms with Crippen LogP contribution in [-0.4, -0.2) is 32.5 Å². The maximum absolute atomic E-state index is 12.5. The number of benzene rings is 2. The standard InChI is InChI=1S/C23H18ClN3O3S/c1-2-30-21(28)13-20-25-19(23(29)31-20)12-16-14-27(18-6-4-3-5-7-18)26-22(16)15-8-10-17(24)11-9-15/h3-12,14H,2,13H2,1H3/b19-12+. The van der Waals surface area contributed by atoms with Crippen molar-refractivity contribution >= 4 is 45.6 Å². The van der Waals surface area contributed by atoms with Gasteiger partial charge in [-0.1, -0.05) is 41.9 Å². The van der Waals surface area contributed by atoms with Gasteiger partial charge in [0.15, 0.2) is 0 Å². The molecule has 0 N–H and O–H groups in total. The third-order valence-corrected chi connectivity index (χ3v) is 5.56. The minimum atomic E-state index is -0.401. The molecule has 4 rings (SSSR count). The van der Waals surface area contributed by atoms with E-state index in [0.717, 1.165) is 28.6 Å². The Bertz CT molecular complexity index is 1180. The van der Waals surface area contributed by atoms with Crippen molar-refractivity contribution in [3.63, 3.8) is 0 Å². The minimum Gasteiger partial charge on any atom is -0.466 e. The highest BCUT2D eigenvalue weighted by Crippen LogP contribution is 2.31. The number of aliphatic imine (C=N–C) groups is 1. The fourth-order valence-corrected chi connectivity index (χ4v) is 3.93. The molecule has 1 aliphatic heterocycles. The smallest absolute Gasteiger partial charge is 0.312 e. The average Bonchev–Trinajstić information content (AvgIpc) is 3.33. The largest absolute Gasteiger partial charge is 0.466 e. The van der Waals surface area contributed by atoms with E-state index < -0.39 is 5.97 Å². The molecule has 3 aromatic rings. The van der Waals surface area contributed by atoms with Gasteiger partial charge in [0.2, 0.25) is 5.12 Å². The van der Waals surface area contributed by atoms with Crippen molar-refractivity contribution in [1.29, 1.82) is 0 Å². The third kappa shape index (κ3) is 4.95. The van der Waals surface area contributed by atoms with E-state index in [1.807, 2.05) is 48.7 Å². The van der Waals surface area contributed by atoms with Crippen LogP contribution in [0.3, 0.4) is 0 Å². The number of ether oxygens (including phenoxy) is 1. The van der Waals surface area contributed by atoms with E-state index in [4.69, 9.17) is 21.4 Å². The van der Waals surface area contributed by atoms with Gasteiger partial charge in [0.25, 0.3) is 0 Å². The summed E-state index contributed by atoms with van der Waals surface area (Å²) in [5.74, 6) is -0.401. The van der Waals surface area contributed by atoms with Crippen molar-refractivity contribution in [3.8, 4) is 16.9 Å². The molecule has 1 aliphatic rings. The molecule has 0 bridgehead atoms. The zero-order valence-electron chi connectivity index (χ0n) is 16.6. The number of esters is 1. The monoisotopic (exact) mass is 451 g/mol. The molecule has 1 aromatic heterocycles. The Morgan fingerprint density at radius 1 is 1.16 bits per heavy atom. The van der Waals surface area contributed by atoms with E-state index >= 15 is 0 Å². The van der Waals surface area contributed by atoms with E-state index in [2.05, 4.69) is 4.99 Å². The average molecular weight is 452 g/mol. The molecule has 0 spiro atoms. The highest BCUT2D eigenvalue weighted by Gasteiger charge is 2.25. The number of carbonyl (C=O) groups is 2. The molecule has 0 saturated heterocycles. The Morgan fingerprint density at radius 2 is 1.90 bits per heavy atom. The number of carbonyl (C=O) groups excluding carboxylic acids is 2. The lowest BCUT2D eigenvalue weighted by Crippen LogP contribution is -2.07. The zero-order chi connectivity index (χ0) is 21.8. The molecule has 0 unspecified atom stereocenters. The summed E-state index contributed by atoms with van der Waals surface area (Å²) in [5.41, 5.74) is 3.45. The van der Waals surface area contributed by atoms with Crippen LogP contribution in [0.4, 0.5) is 0 Å². The summed E-state index contributed by atoms with van der Waals surface area (Å²) in [5, 5.41) is 5.57. The maximum Gasteiger partial charge on any atom is 0.312 e. The Balaban J connectivity index is 1.73. The molecular formula is C23H18ClN3O3S. The van der Waals surface area contributed by atoms with Crippen LogP contribution in [0.2, 0.25) is 5.02 Å². The van der Waals surface area contributed by atoms with E-state index in [9.17, 15) is 9.59 Å². The fraction of sp³-hybridized carbons (Fsp3) is 0.130. The predicted octanol–water partition coefficient (Wildman–Crippen LogP) is 5.16. The van der Waals surface area contributed by atoms with Crippen molar-refractivity contribution in [2.75, 3.05) is 6.61 Å². The maximum atomic E-state index is 12.5. The van der Waals surface area contributed by atoms with Gasteiger partial charge >= 0.3 is 5.97 Å². The van der Waals surface area contributed by atoms with Crippen LogP contribution < -0.4 is 0 Å². The van der Waals surface area contributed by atoms with Crippen LogP contribution in [0.1, 0.15) is 18.9 Å². The molecular weight excluding hydrogens is 434 g/mol. The number of para-hydroxylation sites is 1. The summed E-state index contributed by atoms with van der Waals surface area (Å²) >= 11 is 6.99. The van der Waals surface area contributed by atoms with Gasteiger partial charge in [0.1, 0.15) is 11.4 Å². The van der Waals surface area contributed by atoms with Gasteiger partial charge in [-0.05, 0) is 49.0 Å². The quantitative estimate of drug-likeness (QED) is 0.382. The molecule has 0 aliphatic carbocycles. The zero-order valence-corrected chi connectivity index (χ0v) is 18.2. The summed E-state index contributed by atoms with van der Waals surface area (Å²) in [6.07, 6.45) is 3.53. The summed E-state index contributed by atoms with van der Waals surface area (Å²) in [6, 6.07) is 17.0. The lowest BCUT2D eigenvalue weighted by Gasteiger charge is -2.01. The van der Waals surface area contributed by atoms with Gasteiger partial charge < -0.3 is 4.74 Å². The molecule has 156 valence electrons. The second-order valence-electron chi connectivity index (χ2n) is 6.63. The molecule has 8 heteroatoms. The molecule has 2 heterocycles. The van der Waals surface area contributed by atoms with Crippen LogP contribution in [0.5, 0.6) is 0 Å². The van der Waals surface area contributed by atoms with Crippen LogP contribution in [-0.2, 0) is 14.3 Å². The molecule has 0 amide bonds. The van der Waals surface area contributed by atoms with E-state index in [-0.39, 0.29) is 23.8 Å². The van der Waals surface area contributed by atoms with Gasteiger partial charge in [-0.15, -0.1) is 0 Å². The first-order valence-electron chi connectivity index (χ1n) is 9.61. The minimum absolute atomic E-state index is 0.0189. The predicted molar refractivity (Wildman–Crippen MR) is 123 cm³/mol. The third-order valence-electron chi connectivity index (χ3n) is 4.44. The molecule has 0 saturated carbocycles. The summed E-state index contributed by atoms with van der Waals surface area (Å²) in [4.78, 5) is 28.6. The van der Waals surface area contributed by atoms with Crippen molar-refractivity contribution in [2.24, 2.45) is 4.99 Å². The summed E-state index contributed by atoms with van der Waals surface area (Å²) < 4.78 is 6.70. The Labute approximate surface area is 188 Å². The van der Waals surface area contributed by atoms with Crippen molar-refractivity contribution in [1.82, 2.24) is 9.78 Å². The molecule has 0 radical (unpaired) electrons. The normalized spacial score (nSPS) is 14.7. The van der Waals surface area contributed by atoms with Crippen molar-refractivity contribution in [3.05, 3.63) is 77.1 Å². The number of hydrogen-bond donors (Lipinski definition) is 0. The molecule has 31 heavy (non-hydrogen) atoms. The van der Waals surface area contributed by atoms with Gasteiger partial charge in [0.05, 0.1) is 23.8 Å². The first-order chi connectivity index (χ1) is 15.0.